The second-order valence-electron chi connectivity index (χ2n) is 8.58. The summed E-state index contributed by atoms with van der Waals surface area (Å²) in [6.45, 7) is 6.83. The van der Waals surface area contributed by atoms with Gasteiger partial charge in [-0.15, -0.1) is 0 Å². The molecule has 1 saturated heterocycles. The molecule has 1 amide bonds. The first kappa shape index (κ1) is 23.8. The van der Waals surface area contributed by atoms with Crippen molar-refractivity contribution in [2.24, 2.45) is 5.92 Å². The summed E-state index contributed by atoms with van der Waals surface area (Å²) in [5, 5.41) is 12.4. The number of hydrogen-bond donors (Lipinski definition) is 2. The van der Waals surface area contributed by atoms with Gasteiger partial charge in [-0.1, -0.05) is 36.9 Å². The number of para-hydroxylation sites is 1. The number of amides is 1. The summed E-state index contributed by atoms with van der Waals surface area (Å²) in [5.41, 5.74) is 7.87. The third-order valence-corrected chi connectivity index (χ3v) is 6.29. The van der Waals surface area contributed by atoms with E-state index in [1.807, 2.05) is 60.7 Å². The quantitative estimate of drug-likeness (QED) is 0.383. The summed E-state index contributed by atoms with van der Waals surface area (Å²) in [5.74, 6) is 2.60. The minimum atomic E-state index is -0.280. The summed E-state index contributed by atoms with van der Waals surface area (Å²) >= 11 is 0. The zero-order chi connectivity index (χ0) is 24.8. The molecular formula is C27H28N6O2. The molecule has 8 heteroatoms. The van der Waals surface area contributed by atoms with Crippen LogP contribution in [0.25, 0.3) is 11.1 Å². The van der Waals surface area contributed by atoms with Crippen molar-refractivity contribution in [2.45, 2.75) is 25.8 Å². The first-order valence-corrected chi connectivity index (χ1v) is 11.5. The van der Waals surface area contributed by atoms with Gasteiger partial charge in [0.25, 0.3) is 5.91 Å². The largest absolute Gasteiger partial charge is 0.457 e. The fourth-order valence-corrected chi connectivity index (χ4v) is 4.28. The van der Waals surface area contributed by atoms with Crippen LogP contribution in [0.15, 0.2) is 73.1 Å². The lowest BCUT2D eigenvalue weighted by Crippen LogP contribution is -2.42. The topological polar surface area (TPSA) is 117 Å². The number of rotatable bonds is 7. The molecule has 1 unspecified atom stereocenters. The minimum Gasteiger partial charge on any atom is -0.457 e. The smallest absolute Gasteiger partial charge is 0.263 e. The van der Waals surface area contributed by atoms with E-state index in [1.165, 1.54) is 6.33 Å². The van der Waals surface area contributed by atoms with Crippen molar-refractivity contribution in [2.75, 3.05) is 24.1 Å². The molecule has 0 saturated carbocycles. The summed E-state index contributed by atoms with van der Waals surface area (Å²) < 4.78 is 5.89. The van der Waals surface area contributed by atoms with Crippen LogP contribution in [0.3, 0.4) is 0 Å². The lowest BCUT2D eigenvalue weighted by Gasteiger charge is -2.35. The van der Waals surface area contributed by atoms with E-state index < -0.39 is 0 Å². The molecule has 0 aliphatic carbocycles. The molecule has 2 heterocycles. The first-order valence-electron chi connectivity index (χ1n) is 11.5. The molecule has 0 spiro atoms. The lowest BCUT2D eigenvalue weighted by atomic mass is 9.90. The highest BCUT2D eigenvalue weighted by atomic mass is 16.5. The molecule has 0 bridgehead atoms. The fourth-order valence-electron chi connectivity index (χ4n) is 4.28. The van der Waals surface area contributed by atoms with E-state index in [0.29, 0.717) is 30.6 Å². The van der Waals surface area contributed by atoms with Gasteiger partial charge in [0.2, 0.25) is 0 Å². The number of hydrogen-bond acceptors (Lipinski definition) is 7. The van der Waals surface area contributed by atoms with Gasteiger partial charge in [0.15, 0.2) is 0 Å². The van der Waals surface area contributed by atoms with Gasteiger partial charge in [0.05, 0.1) is 5.56 Å². The van der Waals surface area contributed by atoms with E-state index >= 15 is 0 Å². The molecule has 8 nitrogen and oxygen atoms in total. The van der Waals surface area contributed by atoms with Crippen LogP contribution in [0.1, 0.15) is 19.8 Å². The molecule has 1 aliphatic rings. The number of nitriles is 1. The number of anilines is 2. The van der Waals surface area contributed by atoms with Crippen LogP contribution < -0.4 is 15.8 Å². The van der Waals surface area contributed by atoms with Crippen LogP contribution in [0.5, 0.6) is 11.5 Å². The van der Waals surface area contributed by atoms with Crippen molar-refractivity contribution < 1.29 is 9.53 Å². The zero-order valence-corrected chi connectivity index (χ0v) is 19.6. The van der Waals surface area contributed by atoms with Gasteiger partial charge >= 0.3 is 0 Å². The highest BCUT2D eigenvalue weighted by Gasteiger charge is 2.28. The standard InChI is InChI=1S/C27H28N6O2/c1-18(16-28)27(34)33-14-12-20(13-15-33)19(2)32-26-24(25(29)30-17-31-26)21-8-10-23(11-9-21)35-22-6-4-3-5-7-22/h3-11,17,19-20H,1,12-15H2,2H3,(H3,29,30,31,32). The Morgan fingerprint density at radius 3 is 2.46 bits per heavy atom. The Kier molecular flexibility index (Phi) is 7.27. The summed E-state index contributed by atoms with van der Waals surface area (Å²) in [6, 6.07) is 19.2. The van der Waals surface area contributed by atoms with E-state index in [0.717, 1.165) is 35.5 Å². The SMILES string of the molecule is C=C(C#N)C(=O)N1CCC(C(C)Nc2ncnc(N)c2-c2ccc(Oc3ccccc3)cc2)CC1. The van der Waals surface area contributed by atoms with E-state index in [-0.39, 0.29) is 17.5 Å². The maximum atomic E-state index is 12.2. The van der Waals surface area contributed by atoms with E-state index in [4.69, 9.17) is 15.7 Å². The van der Waals surface area contributed by atoms with Crippen LogP contribution in [0.2, 0.25) is 0 Å². The van der Waals surface area contributed by atoms with Crippen LogP contribution >= 0.6 is 0 Å². The third-order valence-electron chi connectivity index (χ3n) is 6.29. The summed E-state index contributed by atoms with van der Waals surface area (Å²) in [6.07, 6.45) is 3.09. The average molecular weight is 469 g/mol. The number of likely N-dealkylation sites (tertiary alicyclic amines) is 1. The molecular weight excluding hydrogens is 440 g/mol. The molecule has 3 N–H and O–H groups in total. The Hall–Kier alpha value is -4.38. The Bertz CT molecular complexity index is 1230. The molecule has 3 aromatic rings. The second kappa shape index (κ2) is 10.7. The number of nitrogen functional groups attached to an aromatic ring is 1. The van der Waals surface area contributed by atoms with Crippen molar-refractivity contribution in [1.29, 1.82) is 5.26 Å². The van der Waals surface area contributed by atoms with Crippen molar-refractivity contribution in [3.8, 4) is 28.7 Å². The number of nitrogens with two attached hydrogens (primary N) is 1. The third kappa shape index (κ3) is 5.58. The zero-order valence-electron chi connectivity index (χ0n) is 19.6. The van der Waals surface area contributed by atoms with Gasteiger partial charge in [0, 0.05) is 19.1 Å². The average Bonchev–Trinajstić information content (AvgIpc) is 2.89. The second-order valence-corrected chi connectivity index (χ2v) is 8.58. The molecule has 2 aromatic carbocycles. The molecule has 35 heavy (non-hydrogen) atoms. The van der Waals surface area contributed by atoms with Crippen LogP contribution in [-0.4, -0.2) is 39.9 Å². The summed E-state index contributed by atoms with van der Waals surface area (Å²) in [7, 11) is 0. The number of nitrogens with one attached hydrogen (secondary N) is 1. The van der Waals surface area contributed by atoms with Crippen LogP contribution in [-0.2, 0) is 4.79 Å². The highest BCUT2D eigenvalue weighted by molar-refractivity contribution is 5.96. The van der Waals surface area contributed by atoms with Crippen molar-refractivity contribution in [3.63, 3.8) is 0 Å². The van der Waals surface area contributed by atoms with E-state index in [2.05, 4.69) is 28.8 Å². The van der Waals surface area contributed by atoms with Gasteiger partial charge in [-0.05, 0) is 55.5 Å². The Labute approximate surface area is 205 Å². The number of carbonyl (C=O) groups excluding carboxylic acids is 1. The number of piperidine rings is 1. The van der Waals surface area contributed by atoms with E-state index in [1.54, 1.807) is 4.90 Å². The number of nitrogens with zero attached hydrogens (tertiary/aromatic N) is 4. The fraction of sp³-hybridized carbons (Fsp3) is 0.259. The number of aromatic nitrogens is 2. The Morgan fingerprint density at radius 1 is 1.14 bits per heavy atom. The van der Waals surface area contributed by atoms with Crippen LogP contribution in [0, 0.1) is 17.2 Å². The first-order chi connectivity index (χ1) is 17.0. The molecule has 1 atom stereocenters. The molecule has 4 rings (SSSR count). The Balaban J connectivity index is 1.45. The van der Waals surface area contributed by atoms with Crippen molar-refractivity contribution in [3.05, 3.63) is 73.1 Å². The van der Waals surface area contributed by atoms with Gasteiger partial charge in [-0.3, -0.25) is 4.79 Å². The van der Waals surface area contributed by atoms with Gasteiger partial charge in [0.1, 0.15) is 41.1 Å². The number of benzene rings is 2. The van der Waals surface area contributed by atoms with Crippen molar-refractivity contribution in [1.82, 2.24) is 14.9 Å². The molecule has 0 radical (unpaired) electrons. The molecule has 1 fully saturated rings. The minimum absolute atomic E-state index is 0.0177. The molecule has 1 aliphatic heterocycles. The van der Waals surface area contributed by atoms with Crippen molar-refractivity contribution >= 4 is 17.5 Å². The molecule has 1 aromatic heterocycles. The van der Waals surface area contributed by atoms with E-state index in [9.17, 15) is 4.79 Å². The highest BCUT2D eigenvalue weighted by Crippen LogP contribution is 2.34. The maximum absolute atomic E-state index is 12.2. The number of carbonyl (C=O) groups is 1. The number of ether oxygens (including phenoxy) is 1. The predicted molar refractivity (Wildman–Crippen MR) is 136 cm³/mol. The molecule has 178 valence electrons. The Morgan fingerprint density at radius 2 is 1.80 bits per heavy atom. The van der Waals surface area contributed by atoms with Gasteiger partial charge in [-0.25, -0.2) is 9.97 Å². The monoisotopic (exact) mass is 468 g/mol. The van der Waals surface area contributed by atoms with Gasteiger partial charge < -0.3 is 20.7 Å². The lowest BCUT2D eigenvalue weighted by molar-refractivity contribution is -0.128. The summed E-state index contributed by atoms with van der Waals surface area (Å²) in [4.78, 5) is 22.6. The predicted octanol–water partition coefficient (Wildman–Crippen LogP) is 4.64. The van der Waals surface area contributed by atoms with Gasteiger partial charge in [-0.2, -0.15) is 5.26 Å². The van der Waals surface area contributed by atoms with Crippen LogP contribution in [0.4, 0.5) is 11.6 Å². The normalized spacial score (nSPS) is 14.6. The maximum Gasteiger partial charge on any atom is 0.263 e.